The number of hydrogen-bond donors (Lipinski definition) is 1. The van der Waals surface area contributed by atoms with Crippen molar-refractivity contribution in [1.82, 2.24) is 4.90 Å². The lowest BCUT2D eigenvalue weighted by Crippen LogP contribution is -2.34. The monoisotopic (exact) mass is 368 g/mol. The van der Waals surface area contributed by atoms with E-state index in [4.69, 9.17) is 9.47 Å². The second-order valence-corrected chi connectivity index (χ2v) is 6.58. The minimum Gasteiger partial charge on any atom is -0.494 e. The quantitative estimate of drug-likeness (QED) is 0.749. The van der Waals surface area contributed by atoms with Crippen LogP contribution in [0.15, 0.2) is 48.5 Å². The molecule has 1 fully saturated rings. The van der Waals surface area contributed by atoms with Gasteiger partial charge in [0.25, 0.3) is 0 Å². The average Bonchev–Trinajstić information content (AvgIpc) is 3.18. The molecule has 2 amide bonds. The number of para-hydroxylation sites is 1. The van der Waals surface area contributed by atoms with Crippen LogP contribution in [0.5, 0.6) is 5.75 Å². The number of carbonyl (C=O) groups excluding carboxylic acids is 1. The topological polar surface area (TPSA) is 50.8 Å². The van der Waals surface area contributed by atoms with Crippen LogP contribution in [-0.4, -0.2) is 30.7 Å². The van der Waals surface area contributed by atoms with Crippen molar-refractivity contribution in [2.24, 2.45) is 0 Å². The summed E-state index contributed by atoms with van der Waals surface area (Å²) >= 11 is 0. The fourth-order valence-corrected chi connectivity index (χ4v) is 3.48. The van der Waals surface area contributed by atoms with Crippen LogP contribution < -0.4 is 10.1 Å². The number of urea groups is 1. The van der Waals surface area contributed by atoms with Gasteiger partial charge >= 0.3 is 6.03 Å². The van der Waals surface area contributed by atoms with Gasteiger partial charge in [-0.2, -0.15) is 0 Å². The van der Waals surface area contributed by atoms with E-state index < -0.39 is 0 Å². The Morgan fingerprint density at radius 2 is 1.89 bits per heavy atom. The molecule has 1 N–H and O–H groups in total. The number of amides is 2. The average molecular weight is 368 g/mol. The van der Waals surface area contributed by atoms with E-state index in [1.807, 2.05) is 55.1 Å². The number of rotatable bonds is 7. The molecule has 0 aliphatic carbocycles. The van der Waals surface area contributed by atoms with Gasteiger partial charge in [0.15, 0.2) is 0 Å². The van der Waals surface area contributed by atoms with Crippen molar-refractivity contribution in [3.05, 3.63) is 59.7 Å². The van der Waals surface area contributed by atoms with Crippen molar-refractivity contribution in [3.63, 3.8) is 0 Å². The van der Waals surface area contributed by atoms with E-state index in [0.29, 0.717) is 19.8 Å². The van der Waals surface area contributed by atoms with Crippen LogP contribution in [-0.2, 0) is 11.3 Å². The molecule has 1 unspecified atom stereocenters. The molecule has 0 aromatic heterocycles. The van der Waals surface area contributed by atoms with Gasteiger partial charge < -0.3 is 19.7 Å². The SMILES string of the molecule is CCOCc1ccccc1NC(=O)N1CCCC1c1ccc(OCC)cc1. The lowest BCUT2D eigenvalue weighted by Gasteiger charge is -2.26. The number of carbonyl (C=O) groups is 1. The summed E-state index contributed by atoms with van der Waals surface area (Å²) in [5, 5.41) is 3.08. The Balaban J connectivity index is 1.70. The zero-order valence-corrected chi connectivity index (χ0v) is 16.1. The molecule has 5 heteroatoms. The van der Waals surface area contributed by atoms with E-state index in [9.17, 15) is 4.79 Å². The molecular weight excluding hydrogens is 340 g/mol. The van der Waals surface area contributed by atoms with Gasteiger partial charge in [-0.15, -0.1) is 0 Å². The first kappa shape index (κ1) is 19.2. The van der Waals surface area contributed by atoms with Crippen LogP contribution in [0.2, 0.25) is 0 Å². The molecule has 0 bridgehead atoms. The van der Waals surface area contributed by atoms with E-state index in [-0.39, 0.29) is 12.1 Å². The van der Waals surface area contributed by atoms with Crippen molar-refractivity contribution in [2.75, 3.05) is 25.1 Å². The zero-order chi connectivity index (χ0) is 19.1. The maximum Gasteiger partial charge on any atom is 0.322 e. The molecule has 0 spiro atoms. The Labute approximate surface area is 161 Å². The van der Waals surface area contributed by atoms with Crippen LogP contribution >= 0.6 is 0 Å². The molecule has 2 aromatic rings. The van der Waals surface area contributed by atoms with Gasteiger partial charge in [-0.3, -0.25) is 0 Å². The summed E-state index contributed by atoms with van der Waals surface area (Å²) in [4.78, 5) is 14.9. The van der Waals surface area contributed by atoms with Crippen LogP contribution in [0.4, 0.5) is 10.5 Å². The Morgan fingerprint density at radius 3 is 2.63 bits per heavy atom. The summed E-state index contributed by atoms with van der Waals surface area (Å²) in [6, 6.07) is 15.9. The van der Waals surface area contributed by atoms with Crippen molar-refractivity contribution in [3.8, 4) is 5.75 Å². The summed E-state index contributed by atoms with van der Waals surface area (Å²) in [5.41, 5.74) is 2.95. The van der Waals surface area contributed by atoms with Crippen molar-refractivity contribution in [1.29, 1.82) is 0 Å². The van der Waals surface area contributed by atoms with Gasteiger partial charge in [-0.1, -0.05) is 30.3 Å². The molecule has 1 heterocycles. The third-order valence-corrected chi connectivity index (χ3v) is 4.81. The highest BCUT2D eigenvalue weighted by Crippen LogP contribution is 2.33. The second-order valence-electron chi connectivity index (χ2n) is 6.58. The molecule has 0 radical (unpaired) electrons. The van der Waals surface area contributed by atoms with Crippen molar-refractivity contribution >= 4 is 11.7 Å². The van der Waals surface area contributed by atoms with Gasteiger partial charge in [0, 0.05) is 24.4 Å². The second kappa shape index (κ2) is 9.42. The molecule has 1 atom stereocenters. The molecule has 2 aromatic carbocycles. The minimum absolute atomic E-state index is 0.0599. The highest BCUT2D eigenvalue weighted by atomic mass is 16.5. The first-order chi connectivity index (χ1) is 13.2. The largest absolute Gasteiger partial charge is 0.494 e. The molecule has 1 saturated heterocycles. The third-order valence-electron chi connectivity index (χ3n) is 4.81. The van der Waals surface area contributed by atoms with Gasteiger partial charge in [0.1, 0.15) is 5.75 Å². The minimum atomic E-state index is -0.0599. The van der Waals surface area contributed by atoms with Crippen molar-refractivity contribution < 1.29 is 14.3 Å². The normalized spacial score (nSPS) is 16.4. The van der Waals surface area contributed by atoms with E-state index in [0.717, 1.165) is 42.0 Å². The standard InChI is InChI=1S/C22H28N2O3/c1-3-26-16-18-8-5-6-9-20(18)23-22(25)24-15-7-10-21(24)17-11-13-19(14-12-17)27-4-2/h5-6,8-9,11-14,21H,3-4,7,10,15-16H2,1-2H3,(H,23,25). The molecule has 27 heavy (non-hydrogen) atoms. The van der Waals surface area contributed by atoms with Crippen LogP contribution in [0, 0.1) is 0 Å². The van der Waals surface area contributed by atoms with E-state index in [1.54, 1.807) is 0 Å². The smallest absolute Gasteiger partial charge is 0.322 e. The molecule has 144 valence electrons. The summed E-state index contributed by atoms with van der Waals surface area (Å²) in [7, 11) is 0. The van der Waals surface area contributed by atoms with Gasteiger partial charge in [0.2, 0.25) is 0 Å². The van der Waals surface area contributed by atoms with Crippen LogP contribution in [0.3, 0.4) is 0 Å². The molecular formula is C22H28N2O3. The predicted octanol–water partition coefficient (Wildman–Crippen LogP) is 4.99. The van der Waals surface area contributed by atoms with E-state index in [1.165, 1.54) is 0 Å². The summed E-state index contributed by atoms with van der Waals surface area (Å²) in [5.74, 6) is 0.861. The third kappa shape index (κ3) is 4.80. The zero-order valence-electron chi connectivity index (χ0n) is 16.1. The van der Waals surface area contributed by atoms with Crippen LogP contribution in [0.25, 0.3) is 0 Å². The lowest BCUT2D eigenvalue weighted by molar-refractivity contribution is 0.134. The molecule has 3 rings (SSSR count). The summed E-state index contributed by atoms with van der Waals surface area (Å²) in [6.45, 7) is 6.49. The maximum absolute atomic E-state index is 12.9. The summed E-state index contributed by atoms with van der Waals surface area (Å²) < 4.78 is 11.0. The highest BCUT2D eigenvalue weighted by molar-refractivity contribution is 5.90. The number of benzene rings is 2. The fraction of sp³-hybridized carbons (Fsp3) is 0.409. The Kier molecular flexibility index (Phi) is 6.71. The predicted molar refractivity (Wildman–Crippen MR) is 107 cm³/mol. The number of nitrogens with zero attached hydrogens (tertiary/aromatic N) is 1. The maximum atomic E-state index is 12.9. The van der Waals surface area contributed by atoms with E-state index in [2.05, 4.69) is 17.4 Å². The molecule has 1 aliphatic rings. The van der Waals surface area contributed by atoms with Crippen LogP contribution in [0.1, 0.15) is 43.9 Å². The van der Waals surface area contributed by atoms with Gasteiger partial charge in [-0.25, -0.2) is 4.79 Å². The number of hydrogen-bond acceptors (Lipinski definition) is 3. The number of nitrogens with one attached hydrogen (secondary N) is 1. The summed E-state index contributed by atoms with van der Waals surface area (Å²) in [6.07, 6.45) is 1.98. The Morgan fingerprint density at radius 1 is 1.11 bits per heavy atom. The molecule has 1 aliphatic heterocycles. The lowest BCUT2D eigenvalue weighted by atomic mass is 10.0. The highest BCUT2D eigenvalue weighted by Gasteiger charge is 2.30. The number of likely N-dealkylation sites (tertiary alicyclic amines) is 1. The first-order valence-electron chi connectivity index (χ1n) is 9.69. The molecule has 0 saturated carbocycles. The number of ether oxygens (including phenoxy) is 2. The van der Waals surface area contributed by atoms with Gasteiger partial charge in [0.05, 0.1) is 19.3 Å². The van der Waals surface area contributed by atoms with Crippen molar-refractivity contribution in [2.45, 2.75) is 39.3 Å². The fourth-order valence-electron chi connectivity index (χ4n) is 3.48. The Bertz CT molecular complexity index is 745. The number of anilines is 1. The van der Waals surface area contributed by atoms with Gasteiger partial charge in [-0.05, 0) is 50.5 Å². The first-order valence-corrected chi connectivity index (χ1v) is 9.69. The Hall–Kier alpha value is -2.53. The van der Waals surface area contributed by atoms with E-state index >= 15 is 0 Å². The molecule has 5 nitrogen and oxygen atoms in total.